The van der Waals surface area contributed by atoms with Gasteiger partial charge in [-0.15, -0.1) is 0 Å². The Kier molecular flexibility index (Phi) is 15.0. The Morgan fingerprint density at radius 2 is 1.34 bits per heavy atom. The summed E-state index contributed by atoms with van der Waals surface area (Å²) in [6.07, 6.45) is 13.5. The summed E-state index contributed by atoms with van der Waals surface area (Å²) in [4.78, 5) is -0.592. The summed E-state index contributed by atoms with van der Waals surface area (Å²) in [5.74, 6) is 0.236. The van der Waals surface area contributed by atoms with Crippen molar-refractivity contribution in [1.29, 1.82) is 0 Å². The molecule has 0 amide bonds. The Labute approximate surface area is 236 Å². The zero-order valence-electron chi connectivity index (χ0n) is 19.5. The molecule has 172 valence electrons. The molecule has 0 saturated heterocycles. The standard InChI is InChI=1S/C25H36O5S.K/c1-2-3-4-5-6-7-8-9-10-11-15-18-22-23(30-21-16-13-12-14-17-21)19-20-24(25(22)26)31(27,28)29;/h12-14,16-17,19-20,26H,2-11,15,18H2,1H3,(H,27,28,29);/q;+1/p-1. The predicted octanol–water partition coefficient (Wildman–Crippen LogP) is 3.66. The molecule has 0 bridgehead atoms. The van der Waals surface area contributed by atoms with Crippen LogP contribution >= 0.6 is 0 Å². The monoisotopic (exact) mass is 486 g/mol. The Bertz CT molecular complexity index is 885. The number of para-hydroxylation sites is 1. The van der Waals surface area contributed by atoms with Gasteiger partial charge in [0.15, 0.2) is 0 Å². The van der Waals surface area contributed by atoms with Crippen molar-refractivity contribution in [3.63, 3.8) is 0 Å². The molecular formula is C25H35KO5S. The van der Waals surface area contributed by atoms with Gasteiger partial charge in [-0.2, -0.15) is 8.42 Å². The fourth-order valence-corrected chi connectivity index (χ4v) is 4.30. The van der Waals surface area contributed by atoms with Gasteiger partial charge in [-0.25, -0.2) is 0 Å². The Morgan fingerprint density at radius 3 is 1.88 bits per heavy atom. The number of benzene rings is 2. The molecule has 0 fully saturated rings. The molecule has 2 rings (SSSR count). The average molecular weight is 487 g/mol. The third kappa shape index (κ3) is 10.7. The summed E-state index contributed by atoms with van der Waals surface area (Å²) in [6.45, 7) is 2.23. The molecule has 0 aliphatic carbocycles. The number of unbranched alkanes of at least 4 members (excludes halogenated alkanes) is 10. The van der Waals surface area contributed by atoms with Gasteiger partial charge in [-0.1, -0.05) is 95.1 Å². The first-order valence-electron chi connectivity index (χ1n) is 11.5. The molecule has 7 heteroatoms. The molecule has 0 radical (unpaired) electrons. The van der Waals surface area contributed by atoms with Gasteiger partial charge in [-0.05, 0) is 42.7 Å². The van der Waals surface area contributed by atoms with Crippen molar-refractivity contribution in [2.75, 3.05) is 0 Å². The molecule has 1 N–H and O–H groups in total. The number of hydrogen-bond donors (Lipinski definition) is 1. The van der Waals surface area contributed by atoms with E-state index < -0.39 is 20.8 Å². The van der Waals surface area contributed by atoms with E-state index in [1.807, 2.05) is 18.2 Å². The maximum atomic E-state index is 12.7. The van der Waals surface area contributed by atoms with Crippen LogP contribution in [0.5, 0.6) is 17.2 Å². The summed E-state index contributed by atoms with van der Waals surface area (Å²) in [5, 5.41) is 12.7. The topological polar surface area (TPSA) is 86.7 Å². The van der Waals surface area contributed by atoms with Gasteiger partial charge in [0.25, 0.3) is 10.1 Å². The predicted molar refractivity (Wildman–Crippen MR) is 122 cm³/mol. The van der Waals surface area contributed by atoms with Crippen molar-refractivity contribution >= 4 is 10.1 Å². The number of rotatable bonds is 15. The van der Waals surface area contributed by atoms with Crippen molar-refractivity contribution < 1.29 is 74.2 Å². The normalized spacial score (nSPS) is 11.2. The molecule has 0 atom stereocenters. The zero-order chi connectivity index (χ0) is 22.5. The van der Waals surface area contributed by atoms with E-state index in [1.54, 1.807) is 12.1 Å². The van der Waals surface area contributed by atoms with E-state index in [4.69, 9.17) is 4.74 Å². The van der Waals surface area contributed by atoms with Gasteiger partial charge >= 0.3 is 51.4 Å². The van der Waals surface area contributed by atoms with Crippen LogP contribution in [0.4, 0.5) is 0 Å². The van der Waals surface area contributed by atoms with E-state index in [-0.39, 0.29) is 51.4 Å². The first-order valence-corrected chi connectivity index (χ1v) is 12.9. The molecule has 0 aliphatic heterocycles. The molecule has 0 saturated carbocycles. The number of hydrogen-bond acceptors (Lipinski definition) is 4. The Balaban J connectivity index is 0.00000512. The minimum absolute atomic E-state index is 0. The molecule has 0 unspecified atom stereocenters. The van der Waals surface area contributed by atoms with Crippen LogP contribution in [0.3, 0.4) is 0 Å². The van der Waals surface area contributed by atoms with Crippen LogP contribution in [0.15, 0.2) is 47.4 Å². The van der Waals surface area contributed by atoms with Crippen molar-refractivity contribution in [2.24, 2.45) is 0 Å². The van der Waals surface area contributed by atoms with Crippen LogP contribution in [-0.2, 0) is 16.5 Å². The second-order valence-corrected chi connectivity index (χ2v) is 9.44. The van der Waals surface area contributed by atoms with E-state index in [1.165, 1.54) is 57.4 Å². The summed E-state index contributed by atoms with van der Waals surface area (Å²) >= 11 is 0. The summed E-state index contributed by atoms with van der Waals surface area (Å²) in [5.41, 5.74) is 0.301. The van der Waals surface area contributed by atoms with Crippen LogP contribution in [-0.4, -0.2) is 13.0 Å². The van der Waals surface area contributed by atoms with Crippen LogP contribution in [0, 0.1) is 0 Å². The third-order valence-corrected chi connectivity index (χ3v) is 6.34. The molecule has 2 aromatic rings. The van der Waals surface area contributed by atoms with Crippen molar-refractivity contribution in [3.8, 4) is 17.2 Å². The third-order valence-electron chi connectivity index (χ3n) is 5.46. The van der Waals surface area contributed by atoms with Gasteiger partial charge in [0.1, 0.15) is 11.5 Å². The molecule has 0 heterocycles. The molecule has 2 aromatic carbocycles. The largest absolute Gasteiger partial charge is 1.00 e. The maximum Gasteiger partial charge on any atom is 1.00 e. The van der Waals surface area contributed by atoms with Crippen molar-refractivity contribution in [1.82, 2.24) is 0 Å². The van der Waals surface area contributed by atoms with Gasteiger partial charge in [0, 0.05) is 0 Å². The smallest absolute Gasteiger partial charge is 0.871 e. The van der Waals surface area contributed by atoms with Gasteiger partial charge in [0.2, 0.25) is 0 Å². The van der Waals surface area contributed by atoms with E-state index >= 15 is 0 Å². The van der Waals surface area contributed by atoms with E-state index in [0.717, 1.165) is 25.3 Å². The van der Waals surface area contributed by atoms with E-state index in [2.05, 4.69) is 6.92 Å². The summed E-state index contributed by atoms with van der Waals surface area (Å²) in [6, 6.07) is 11.6. The Morgan fingerprint density at radius 1 is 0.812 bits per heavy atom. The second kappa shape index (κ2) is 16.3. The molecule has 32 heavy (non-hydrogen) atoms. The van der Waals surface area contributed by atoms with E-state index in [9.17, 15) is 18.1 Å². The van der Waals surface area contributed by atoms with Gasteiger partial charge in [-0.3, -0.25) is 4.55 Å². The van der Waals surface area contributed by atoms with Crippen molar-refractivity contribution in [3.05, 3.63) is 48.0 Å². The first-order chi connectivity index (χ1) is 14.9. The quantitative estimate of drug-likeness (QED) is 0.236. The summed E-state index contributed by atoms with van der Waals surface area (Å²) < 4.78 is 38.3. The molecule has 5 nitrogen and oxygen atoms in total. The van der Waals surface area contributed by atoms with Crippen LogP contribution in [0.1, 0.15) is 83.1 Å². The summed E-state index contributed by atoms with van der Waals surface area (Å²) in [7, 11) is -4.57. The average Bonchev–Trinajstić information content (AvgIpc) is 2.73. The Hall–Kier alpha value is -0.414. The molecule has 0 aliphatic rings. The molecule has 0 spiro atoms. The minimum atomic E-state index is -4.57. The minimum Gasteiger partial charge on any atom is -0.871 e. The van der Waals surface area contributed by atoms with Crippen LogP contribution in [0.25, 0.3) is 0 Å². The second-order valence-electron chi connectivity index (χ2n) is 8.05. The van der Waals surface area contributed by atoms with Gasteiger partial charge in [0.05, 0.1) is 4.90 Å². The fraction of sp³-hybridized carbons (Fsp3) is 0.520. The zero-order valence-corrected chi connectivity index (χ0v) is 23.5. The first kappa shape index (κ1) is 29.6. The van der Waals surface area contributed by atoms with Crippen LogP contribution < -0.4 is 61.2 Å². The van der Waals surface area contributed by atoms with Crippen LogP contribution in [0.2, 0.25) is 0 Å². The maximum absolute atomic E-state index is 12.7. The number of ether oxygens (including phenoxy) is 1. The SMILES string of the molecule is CCCCCCCCCCCCCc1c(Oc2ccccc2)ccc(S(=O)(=O)O)c1[O-].[K+]. The van der Waals surface area contributed by atoms with E-state index in [0.29, 0.717) is 23.5 Å². The molecule has 0 aromatic heterocycles. The molecular weight excluding hydrogens is 451 g/mol. The fourth-order valence-electron chi connectivity index (χ4n) is 3.71. The van der Waals surface area contributed by atoms with Gasteiger partial charge < -0.3 is 9.84 Å². The van der Waals surface area contributed by atoms with Crippen molar-refractivity contribution in [2.45, 2.75) is 88.9 Å².